The molecule has 4 nitrogen and oxygen atoms in total. The van der Waals surface area contributed by atoms with Crippen LogP contribution in [-0.4, -0.2) is 11.6 Å². The van der Waals surface area contributed by atoms with Gasteiger partial charge in [-0.2, -0.15) is 0 Å². The molecule has 0 fully saturated rings. The molecule has 0 saturated heterocycles. The summed E-state index contributed by atoms with van der Waals surface area (Å²) in [4.78, 5) is 27.6. The van der Waals surface area contributed by atoms with Gasteiger partial charge in [0.1, 0.15) is 11.5 Å². The molecule has 1 heterocycles. The van der Waals surface area contributed by atoms with E-state index in [1.807, 2.05) is 133 Å². The standard InChI is InChI=1S/C43H26O4/c44-37-26-34(27-12-4-1-5-13-27)42(45)36-24-29-21-23-39-41(33(29)25-35(36)37)40-32-19-11-10-14-28(32)20-22-38(40)46-43(47-39,30-15-6-2-7-16-30)31-17-8-3-9-18-31/h1-26H. The maximum absolute atomic E-state index is 13.9. The van der Waals surface area contributed by atoms with E-state index < -0.39 is 5.79 Å². The van der Waals surface area contributed by atoms with Gasteiger partial charge >= 0.3 is 5.79 Å². The predicted molar refractivity (Wildman–Crippen MR) is 185 cm³/mol. The molecular weight excluding hydrogens is 580 g/mol. The number of Topliss-reactive ketones (excluding diaryl/α,β-unsaturated/α-hetero) is 1. The van der Waals surface area contributed by atoms with Gasteiger partial charge in [-0.1, -0.05) is 127 Å². The van der Waals surface area contributed by atoms with Crippen molar-refractivity contribution >= 4 is 38.7 Å². The van der Waals surface area contributed by atoms with Crippen molar-refractivity contribution in [3.63, 3.8) is 0 Å². The van der Waals surface area contributed by atoms with Crippen LogP contribution < -0.4 is 9.47 Å². The fourth-order valence-corrected chi connectivity index (χ4v) is 6.98. The normalized spacial score (nSPS) is 14.7. The summed E-state index contributed by atoms with van der Waals surface area (Å²) in [5.41, 5.74) is 5.25. The van der Waals surface area contributed by atoms with Crippen molar-refractivity contribution < 1.29 is 19.1 Å². The molecule has 0 aromatic heterocycles. The lowest BCUT2D eigenvalue weighted by Gasteiger charge is -2.34. The van der Waals surface area contributed by atoms with Gasteiger partial charge in [0, 0.05) is 39.0 Å². The highest BCUT2D eigenvalue weighted by molar-refractivity contribution is 6.39. The summed E-state index contributed by atoms with van der Waals surface area (Å²) < 4.78 is 14.3. The van der Waals surface area contributed by atoms with Crippen LogP contribution in [-0.2, 0) is 5.79 Å². The van der Waals surface area contributed by atoms with Gasteiger partial charge in [-0.25, -0.2) is 0 Å². The van der Waals surface area contributed by atoms with E-state index in [9.17, 15) is 9.59 Å². The summed E-state index contributed by atoms with van der Waals surface area (Å²) >= 11 is 0. The van der Waals surface area contributed by atoms with Crippen LogP contribution in [0.1, 0.15) is 37.4 Å². The Hall–Kier alpha value is -6.26. The first-order chi connectivity index (χ1) is 23.1. The second-order valence-electron chi connectivity index (χ2n) is 11.9. The van der Waals surface area contributed by atoms with Gasteiger partial charge in [-0.05, 0) is 57.4 Å². The summed E-state index contributed by atoms with van der Waals surface area (Å²) in [6.07, 6.45) is 1.46. The molecule has 0 N–H and O–H groups in total. The van der Waals surface area contributed by atoms with E-state index in [0.717, 1.165) is 49.4 Å². The maximum atomic E-state index is 13.9. The molecule has 7 aromatic rings. The molecule has 1 aliphatic carbocycles. The van der Waals surface area contributed by atoms with Gasteiger partial charge in [0.2, 0.25) is 0 Å². The van der Waals surface area contributed by atoms with Crippen molar-refractivity contribution in [2.24, 2.45) is 0 Å². The van der Waals surface area contributed by atoms with Crippen molar-refractivity contribution in [2.45, 2.75) is 5.79 Å². The number of allylic oxidation sites excluding steroid dienone is 2. The molecule has 0 amide bonds. The topological polar surface area (TPSA) is 52.6 Å². The fourth-order valence-electron chi connectivity index (χ4n) is 6.98. The second-order valence-corrected chi connectivity index (χ2v) is 11.9. The van der Waals surface area contributed by atoms with Gasteiger partial charge in [0.15, 0.2) is 11.6 Å². The molecule has 0 atom stereocenters. The Kier molecular flexibility index (Phi) is 5.99. The third-order valence-electron chi connectivity index (χ3n) is 9.19. The Bertz CT molecular complexity index is 2390. The highest BCUT2D eigenvalue weighted by atomic mass is 16.7. The quantitative estimate of drug-likeness (QED) is 0.201. The minimum Gasteiger partial charge on any atom is -0.444 e. The van der Waals surface area contributed by atoms with Crippen LogP contribution in [0.5, 0.6) is 11.5 Å². The molecular formula is C43H26O4. The lowest BCUT2D eigenvalue weighted by atomic mass is 9.83. The number of hydrogen-bond acceptors (Lipinski definition) is 4. The number of carbonyl (C=O) groups is 2. The van der Waals surface area contributed by atoms with Gasteiger partial charge < -0.3 is 9.47 Å². The van der Waals surface area contributed by atoms with Crippen LogP contribution in [0, 0.1) is 0 Å². The van der Waals surface area contributed by atoms with Crippen LogP contribution in [0.25, 0.3) is 38.2 Å². The Morgan fingerprint density at radius 2 is 1.02 bits per heavy atom. The highest BCUT2D eigenvalue weighted by Gasteiger charge is 2.43. The molecule has 0 bridgehead atoms. The number of fused-ring (bicyclic) bond motifs is 8. The van der Waals surface area contributed by atoms with Gasteiger partial charge in [0.05, 0.1) is 0 Å². The summed E-state index contributed by atoms with van der Waals surface area (Å²) in [5.74, 6) is -0.430. The highest BCUT2D eigenvalue weighted by Crippen LogP contribution is 2.53. The zero-order chi connectivity index (χ0) is 31.5. The number of ether oxygens (including phenoxy) is 2. The summed E-state index contributed by atoms with van der Waals surface area (Å²) in [7, 11) is 0. The van der Waals surface area contributed by atoms with Crippen LogP contribution in [0.3, 0.4) is 0 Å². The molecule has 0 radical (unpaired) electrons. The van der Waals surface area contributed by atoms with Gasteiger partial charge in [0.25, 0.3) is 0 Å². The maximum Gasteiger partial charge on any atom is 0.305 e. The molecule has 0 saturated carbocycles. The Morgan fingerprint density at radius 1 is 0.468 bits per heavy atom. The minimum atomic E-state index is -1.31. The van der Waals surface area contributed by atoms with Crippen molar-refractivity contribution in [2.75, 3.05) is 0 Å². The monoisotopic (exact) mass is 606 g/mol. The summed E-state index contributed by atoms with van der Waals surface area (Å²) in [6, 6.07) is 49.1. The van der Waals surface area contributed by atoms with Crippen molar-refractivity contribution in [3.05, 3.63) is 186 Å². The smallest absolute Gasteiger partial charge is 0.305 e. The lowest BCUT2D eigenvalue weighted by Crippen LogP contribution is -2.40. The van der Waals surface area contributed by atoms with E-state index in [0.29, 0.717) is 28.2 Å². The largest absolute Gasteiger partial charge is 0.444 e. The lowest BCUT2D eigenvalue weighted by molar-refractivity contribution is -0.0811. The summed E-state index contributed by atoms with van der Waals surface area (Å²) in [5, 5.41) is 3.67. The fraction of sp³-hybridized carbons (Fsp3) is 0.0233. The van der Waals surface area contributed by atoms with E-state index in [1.165, 1.54) is 6.08 Å². The average Bonchev–Trinajstić information content (AvgIpc) is 3.29. The molecule has 4 heteroatoms. The van der Waals surface area contributed by atoms with Crippen LogP contribution in [0.2, 0.25) is 0 Å². The van der Waals surface area contributed by atoms with E-state index in [4.69, 9.17) is 9.47 Å². The molecule has 7 aromatic carbocycles. The first-order valence-corrected chi connectivity index (χ1v) is 15.6. The van der Waals surface area contributed by atoms with Crippen molar-refractivity contribution in [1.82, 2.24) is 0 Å². The van der Waals surface area contributed by atoms with Crippen LogP contribution >= 0.6 is 0 Å². The zero-order valence-corrected chi connectivity index (χ0v) is 25.1. The SMILES string of the molecule is O=C1C=C(c2ccccc2)C(=O)c2cc3ccc4c(c3cc21)-c1c(ccc2ccccc12)OC(c1ccccc1)(c1ccccc1)O4. The number of hydrogen-bond donors (Lipinski definition) is 0. The molecule has 0 unspecified atom stereocenters. The molecule has 9 rings (SSSR count). The number of benzene rings is 7. The Morgan fingerprint density at radius 3 is 1.68 bits per heavy atom. The average molecular weight is 607 g/mol. The first kappa shape index (κ1) is 27.1. The first-order valence-electron chi connectivity index (χ1n) is 15.6. The van der Waals surface area contributed by atoms with Crippen molar-refractivity contribution in [3.8, 4) is 22.6 Å². The third kappa shape index (κ3) is 4.15. The van der Waals surface area contributed by atoms with Gasteiger partial charge in [-0.3, -0.25) is 9.59 Å². The molecule has 0 spiro atoms. The Balaban J connectivity index is 1.35. The second kappa shape index (κ2) is 10.4. The van der Waals surface area contributed by atoms with E-state index >= 15 is 0 Å². The van der Waals surface area contributed by atoms with Crippen LogP contribution in [0.4, 0.5) is 0 Å². The van der Waals surface area contributed by atoms with Crippen LogP contribution in [0.15, 0.2) is 158 Å². The number of rotatable bonds is 3. The number of ketones is 2. The molecule has 47 heavy (non-hydrogen) atoms. The molecule has 222 valence electrons. The summed E-state index contributed by atoms with van der Waals surface area (Å²) in [6.45, 7) is 0. The molecule has 2 aliphatic rings. The minimum absolute atomic E-state index is 0.166. The van der Waals surface area contributed by atoms with Crippen molar-refractivity contribution in [1.29, 1.82) is 0 Å². The van der Waals surface area contributed by atoms with E-state index in [2.05, 4.69) is 18.2 Å². The van der Waals surface area contributed by atoms with E-state index in [1.54, 1.807) is 0 Å². The molecule has 1 aliphatic heterocycles. The third-order valence-corrected chi connectivity index (χ3v) is 9.19. The Labute approximate surface area is 271 Å². The van der Waals surface area contributed by atoms with Gasteiger partial charge in [-0.15, -0.1) is 0 Å². The van der Waals surface area contributed by atoms with E-state index in [-0.39, 0.29) is 11.6 Å². The number of carbonyl (C=O) groups excluding carboxylic acids is 2. The zero-order valence-electron chi connectivity index (χ0n) is 25.1. The predicted octanol–water partition coefficient (Wildman–Crippen LogP) is 9.80.